The fraction of sp³-hybridized carbons (Fsp3) is 0.827. The molecule has 13 atom stereocenters. The van der Waals surface area contributed by atoms with Crippen LogP contribution >= 0.6 is 0 Å². The molecule has 0 aliphatic carbocycles. The van der Waals surface area contributed by atoms with Gasteiger partial charge in [-0.05, 0) is 80.6 Å². The van der Waals surface area contributed by atoms with Crippen molar-refractivity contribution in [3.63, 3.8) is 0 Å². The molecule has 1 saturated heterocycles. The summed E-state index contributed by atoms with van der Waals surface area (Å²) in [7, 11) is -4.90. The van der Waals surface area contributed by atoms with Gasteiger partial charge in [0.2, 0.25) is 0 Å². The molecule has 0 spiro atoms. The van der Waals surface area contributed by atoms with E-state index in [1.807, 2.05) is 19.1 Å². The molecule has 0 unspecified atom stereocenters. The lowest BCUT2D eigenvalue weighted by molar-refractivity contribution is -0.177. The normalized spacial score (nSPS) is 24.7. The molecule has 1 rings (SSSR count). The van der Waals surface area contributed by atoms with Crippen LogP contribution in [0.25, 0.3) is 0 Å². The lowest BCUT2D eigenvalue weighted by Gasteiger charge is -2.47. The predicted octanol–water partition coefficient (Wildman–Crippen LogP) is 13.9. The minimum absolute atomic E-state index is 0.00657. The summed E-state index contributed by atoms with van der Waals surface area (Å²) in [4.78, 5) is 13.5. The molecule has 1 aliphatic heterocycles. The first kappa shape index (κ1) is 59.9. The second-order valence-electron chi connectivity index (χ2n) is 24.1. The summed E-state index contributed by atoms with van der Waals surface area (Å²) in [6.07, 6.45) is 12.2. The zero-order chi connectivity index (χ0) is 49.3. The smallest absolute Gasteiger partial charge is 0.311 e. The molecule has 0 amide bonds. The molecule has 0 bridgehead atoms. The molecule has 0 aromatic rings. The molecule has 0 aromatic carbocycles. The van der Waals surface area contributed by atoms with Crippen molar-refractivity contribution in [2.45, 2.75) is 222 Å². The molecule has 1 N–H and O–H groups in total. The highest BCUT2D eigenvalue weighted by atomic mass is 28.4. The highest BCUT2D eigenvalue weighted by Crippen LogP contribution is 2.44. The fourth-order valence-electron chi connectivity index (χ4n) is 7.98. The number of aliphatic hydroxyl groups is 1. The number of rotatable bonds is 24. The highest BCUT2D eigenvalue weighted by Gasteiger charge is 2.49. The first-order chi connectivity index (χ1) is 28.5. The van der Waals surface area contributed by atoms with E-state index < -0.39 is 31.1 Å². The summed E-state index contributed by atoms with van der Waals surface area (Å²) in [6, 6.07) is 0. The predicted molar refractivity (Wildman–Crippen MR) is 274 cm³/mol. The Labute approximate surface area is 392 Å². The van der Waals surface area contributed by atoms with E-state index in [4.69, 9.17) is 27.5 Å². The van der Waals surface area contributed by atoms with Gasteiger partial charge in [-0.2, -0.15) is 0 Å². The van der Waals surface area contributed by atoms with E-state index in [0.29, 0.717) is 6.42 Å². The van der Waals surface area contributed by atoms with Gasteiger partial charge in [0.25, 0.3) is 0 Å². The molecule has 1 fully saturated rings. The van der Waals surface area contributed by atoms with Gasteiger partial charge >= 0.3 is 5.97 Å². The minimum atomic E-state index is -2.24. The number of ether oxygens (including phenoxy) is 3. The average molecular weight is 938 g/mol. The molecule has 8 nitrogen and oxygen atoms in total. The molecule has 0 radical (unpaired) electrons. The van der Waals surface area contributed by atoms with Crippen molar-refractivity contribution in [2.75, 3.05) is 13.9 Å². The van der Waals surface area contributed by atoms with Crippen LogP contribution in [0.2, 0.25) is 54.4 Å². The number of aliphatic hydroxyl groups excluding tert-OH is 1. The van der Waals surface area contributed by atoms with Crippen LogP contribution in [0.4, 0.5) is 0 Å². The van der Waals surface area contributed by atoms with Gasteiger partial charge in [0.15, 0.2) is 25.0 Å². The van der Waals surface area contributed by atoms with Crippen molar-refractivity contribution in [2.24, 2.45) is 41.4 Å². The first-order valence-corrected chi connectivity index (χ1v) is 32.9. The second kappa shape index (κ2) is 24.2. The Bertz CT molecular complexity index is 1500. The van der Waals surface area contributed by atoms with Crippen LogP contribution in [-0.4, -0.2) is 86.6 Å². The lowest BCUT2D eigenvalue weighted by atomic mass is 9.81. The Morgan fingerprint density at radius 1 is 0.778 bits per heavy atom. The molecule has 0 aromatic heterocycles. The van der Waals surface area contributed by atoms with Crippen LogP contribution in [0.15, 0.2) is 48.6 Å². The Hall–Kier alpha value is -1.16. The maximum atomic E-state index is 13.5. The number of carbonyl (C=O) groups excluding carboxylic acids is 1. The van der Waals surface area contributed by atoms with Gasteiger partial charge in [0.1, 0.15) is 12.9 Å². The zero-order valence-corrected chi connectivity index (χ0v) is 48.1. The monoisotopic (exact) mass is 937 g/mol. The largest absolute Gasteiger partial charge is 0.462 e. The van der Waals surface area contributed by atoms with Crippen molar-refractivity contribution in [1.29, 1.82) is 0 Å². The topological polar surface area (TPSA) is 92.7 Å². The van der Waals surface area contributed by atoms with Crippen LogP contribution < -0.4 is 0 Å². The number of hydrogen-bond acceptors (Lipinski definition) is 8. The Balaban J connectivity index is 3.56. The van der Waals surface area contributed by atoms with Gasteiger partial charge in [-0.3, -0.25) is 4.79 Å². The molecule has 11 heteroatoms. The molecule has 368 valence electrons. The second-order valence-corrected chi connectivity index (χ2v) is 38.4. The van der Waals surface area contributed by atoms with Gasteiger partial charge in [0.05, 0.1) is 36.4 Å². The molecule has 1 aliphatic rings. The first-order valence-electron chi connectivity index (χ1n) is 24.1. The molecule has 0 saturated carbocycles. The van der Waals surface area contributed by atoms with Gasteiger partial charge < -0.3 is 32.6 Å². The minimum Gasteiger partial charge on any atom is -0.462 e. The van der Waals surface area contributed by atoms with E-state index in [1.54, 1.807) is 13.2 Å². The Morgan fingerprint density at radius 2 is 1.30 bits per heavy atom. The van der Waals surface area contributed by atoms with Gasteiger partial charge in [-0.1, -0.05) is 152 Å². The quantitative estimate of drug-likeness (QED) is 0.0336. The molecular weight excluding hydrogens is 837 g/mol. The Morgan fingerprint density at radius 3 is 1.79 bits per heavy atom. The molecular formula is C52H100O8Si3. The van der Waals surface area contributed by atoms with E-state index in [9.17, 15) is 9.90 Å². The lowest BCUT2D eigenvalue weighted by Crippen LogP contribution is -2.55. The van der Waals surface area contributed by atoms with Crippen LogP contribution in [0.5, 0.6) is 0 Å². The summed E-state index contributed by atoms with van der Waals surface area (Å²) in [5.41, 5.74) is 1.26. The van der Waals surface area contributed by atoms with E-state index >= 15 is 0 Å². The highest BCUT2D eigenvalue weighted by molar-refractivity contribution is 6.75. The summed E-state index contributed by atoms with van der Waals surface area (Å²) in [5, 5.41) is 11.6. The number of carbonyl (C=O) groups is 1. The summed E-state index contributed by atoms with van der Waals surface area (Å²) in [6.45, 7) is 55.2. The van der Waals surface area contributed by atoms with Crippen LogP contribution in [-0.2, 0) is 32.3 Å². The van der Waals surface area contributed by atoms with Gasteiger partial charge in [0, 0.05) is 43.1 Å². The standard InChI is InChI=1S/C52H100O8Si3/c1-26-27-28-36(3)45(53)41(8)47(59-62(22,23)51(13,14)15)39(6)32-35(2)31-38(5)46(56-34-55-19)37(4)29-30-43(58-61(20,21)50(10,11)12)33-44-40(7)48(42(9)49(54)57-44)60-63(24,25)52(16,17)18/h26-31,36-48,53H,1,32-34H2,2-25H3/b28-27-,30-29-,35-31-/t36-,37-,38-,39-,40-,41+,42+,43+,44-,45-,46-,47+,48-/m0/s1. The summed E-state index contributed by atoms with van der Waals surface area (Å²) < 4.78 is 39.5. The number of hydrogen-bond donors (Lipinski definition) is 1. The fourth-order valence-corrected chi connectivity index (χ4v) is 12.2. The maximum absolute atomic E-state index is 13.5. The molecule has 1 heterocycles. The average Bonchev–Trinajstić information content (AvgIpc) is 3.13. The number of allylic oxidation sites excluding steroid dienone is 3. The number of esters is 1. The van der Waals surface area contributed by atoms with E-state index in [-0.39, 0.29) is 99.8 Å². The van der Waals surface area contributed by atoms with E-state index in [1.165, 1.54) is 5.57 Å². The van der Waals surface area contributed by atoms with Crippen LogP contribution in [0.3, 0.4) is 0 Å². The third-order valence-electron chi connectivity index (χ3n) is 15.4. The van der Waals surface area contributed by atoms with Gasteiger partial charge in [-0.15, -0.1) is 0 Å². The SMILES string of the molecule is C=C/C=C\[C@H](C)[C@H](O)[C@@H](C)[C@H](O[Si](C)(C)C(C)(C)C)[C@@H](C)C/C(C)=C\[C@H](C)[C@@H](OCOC)[C@@H](C)/C=C\[C@H](C[C@@H]1OC(=O)[C@H](C)[C@@H](O[Si](C)(C)C(C)(C)C)[C@H]1C)O[Si](C)(C)C(C)(C)C. The summed E-state index contributed by atoms with van der Waals surface area (Å²) in [5.74, 6) is -0.389. The van der Waals surface area contributed by atoms with Crippen LogP contribution in [0.1, 0.15) is 131 Å². The van der Waals surface area contributed by atoms with Crippen molar-refractivity contribution in [3.05, 3.63) is 48.6 Å². The Kier molecular flexibility index (Phi) is 23.0. The zero-order valence-electron chi connectivity index (χ0n) is 45.1. The van der Waals surface area contributed by atoms with Crippen molar-refractivity contribution in [3.8, 4) is 0 Å². The van der Waals surface area contributed by atoms with Crippen molar-refractivity contribution >= 4 is 30.9 Å². The van der Waals surface area contributed by atoms with Gasteiger partial charge in [-0.25, -0.2) is 0 Å². The number of cyclic esters (lactones) is 1. The third-order valence-corrected chi connectivity index (χ3v) is 28.8. The number of methoxy groups -OCH3 is 1. The van der Waals surface area contributed by atoms with E-state index in [2.05, 4.69) is 175 Å². The van der Waals surface area contributed by atoms with Crippen molar-refractivity contribution < 1.29 is 37.4 Å². The van der Waals surface area contributed by atoms with Crippen molar-refractivity contribution in [1.82, 2.24) is 0 Å². The summed E-state index contributed by atoms with van der Waals surface area (Å²) >= 11 is 0. The molecule has 63 heavy (non-hydrogen) atoms. The maximum Gasteiger partial charge on any atom is 0.311 e. The third kappa shape index (κ3) is 17.5. The van der Waals surface area contributed by atoms with Crippen LogP contribution in [0, 0.1) is 41.4 Å². The van der Waals surface area contributed by atoms with E-state index in [0.717, 1.165) is 6.42 Å².